The molecule has 21 heavy (non-hydrogen) atoms. The number of carbonyl (C=O) groups is 1. The van der Waals surface area contributed by atoms with Gasteiger partial charge in [-0.05, 0) is 43.2 Å². The van der Waals surface area contributed by atoms with Crippen molar-refractivity contribution < 1.29 is 4.79 Å². The van der Waals surface area contributed by atoms with Gasteiger partial charge in [0.2, 0.25) is 0 Å². The molecule has 2 N–H and O–H groups in total. The third-order valence-corrected chi connectivity index (χ3v) is 3.26. The molecule has 0 saturated heterocycles. The van der Waals surface area contributed by atoms with Crippen molar-refractivity contribution in [2.45, 2.75) is 20.3 Å². The lowest BCUT2D eigenvalue weighted by molar-refractivity contribution is 0.102. The summed E-state index contributed by atoms with van der Waals surface area (Å²) in [6.45, 7) is 4.89. The molecule has 0 spiro atoms. The second-order valence-electron chi connectivity index (χ2n) is 4.77. The van der Waals surface area contributed by atoms with Gasteiger partial charge in [0.25, 0.3) is 5.91 Å². The number of hydrogen-bond donors (Lipinski definition) is 2. The highest BCUT2D eigenvalue weighted by molar-refractivity contribution is 6.31. The molecular weight excluding hydrogens is 286 g/mol. The van der Waals surface area contributed by atoms with Crippen LogP contribution in [0.4, 0.5) is 11.4 Å². The van der Waals surface area contributed by atoms with E-state index in [1.807, 2.05) is 19.1 Å². The number of halogens is 1. The van der Waals surface area contributed by atoms with E-state index >= 15 is 0 Å². The molecule has 0 radical (unpaired) electrons. The van der Waals surface area contributed by atoms with E-state index in [0.29, 0.717) is 16.4 Å². The summed E-state index contributed by atoms with van der Waals surface area (Å²) in [6, 6.07) is 8.93. The van der Waals surface area contributed by atoms with Crippen LogP contribution in [0.5, 0.6) is 0 Å². The normalized spacial score (nSPS) is 10.2. The maximum absolute atomic E-state index is 12.2. The summed E-state index contributed by atoms with van der Waals surface area (Å²) in [6.07, 6.45) is 2.70. The summed E-state index contributed by atoms with van der Waals surface area (Å²) in [7, 11) is 0. The predicted molar refractivity (Wildman–Crippen MR) is 87.2 cm³/mol. The van der Waals surface area contributed by atoms with Gasteiger partial charge in [-0.2, -0.15) is 0 Å². The van der Waals surface area contributed by atoms with Crippen LogP contribution in [0.3, 0.4) is 0 Å². The number of pyridine rings is 1. The highest BCUT2D eigenvalue weighted by Gasteiger charge is 2.09. The first kappa shape index (κ1) is 15.3. The van der Waals surface area contributed by atoms with Crippen LogP contribution in [0.1, 0.15) is 29.4 Å². The molecule has 0 unspecified atom stereocenters. The first-order valence-electron chi connectivity index (χ1n) is 6.87. The highest BCUT2D eigenvalue weighted by Crippen LogP contribution is 2.20. The molecule has 0 aliphatic heterocycles. The van der Waals surface area contributed by atoms with Gasteiger partial charge in [0.05, 0.1) is 11.9 Å². The largest absolute Gasteiger partial charge is 0.384 e. The van der Waals surface area contributed by atoms with Gasteiger partial charge in [-0.3, -0.25) is 4.79 Å². The van der Waals surface area contributed by atoms with Crippen molar-refractivity contribution in [3.8, 4) is 0 Å². The fourth-order valence-corrected chi connectivity index (χ4v) is 1.99. The second kappa shape index (κ2) is 7.09. The minimum Gasteiger partial charge on any atom is -0.384 e. The molecular formula is C16H18ClN3O. The number of aromatic nitrogens is 1. The number of benzene rings is 1. The van der Waals surface area contributed by atoms with Crippen molar-refractivity contribution in [1.29, 1.82) is 0 Å². The Hall–Kier alpha value is -2.07. The number of rotatable bonds is 5. The second-order valence-corrected chi connectivity index (χ2v) is 5.21. The van der Waals surface area contributed by atoms with Gasteiger partial charge in [0, 0.05) is 17.3 Å². The average Bonchev–Trinajstić information content (AvgIpc) is 2.49. The quantitative estimate of drug-likeness (QED) is 0.873. The van der Waals surface area contributed by atoms with Crippen LogP contribution >= 0.6 is 11.6 Å². The molecule has 0 bridgehead atoms. The van der Waals surface area contributed by atoms with Crippen molar-refractivity contribution in [2.24, 2.45) is 0 Å². The van der Waals surface area contributed by atoms with Gasteiger partial charge in [-0.25, -0.2) is 4.98 Å². The summed E-state index contributed by atoms with van der Waals surface area (Å²) in [5.74, 6) is -0.248. The number of hydrogen-bond acceptors (Lipinski definition) is 3. The molecule has 1 aromatic carbocycles. The van der Waals surface area contributed by atoms with E-state index in [1.165, 1.54) is 0 Å². The average molecular weight is 304 g/mol. The Morgan fingerprint density at radius 1 is 1.29 bits per heavy atom. The lowest BCUT2D eigenvalue weighted by atomic mass is 10.2. The fourth-order valence-electron chi connectivity index (χ4n) is 1.82. The molecule has 110 valence electrons. The van der Waals surface area contributed by atoms with E-state index in [2.05, 4.69) is 22.5 Å². The molecule has 1 amide bonds. The molecule has 0 aliphatic carbocycles. The molecule has 1 heterocycles. The van der Waals surface area contributed by atoms with Crippen LogP contribution in [-0.4, -0.2) is 17.4 Å². The van der Waals surface area contributed by atoms with Crippen LogP contribution in [-0.2, 0) is 0 Å². The van der Waals surface area contributed by atoms with Gasteiger partial charge in [0.1, 0.15) is 5.69 Å². The van der Waals surface area contributed by atoms with Gasteiger partial charge in [-0.15, -0.1) is 0 Å². The number of carbonyl (C=O) groups excluding carboxylic acids is 1. The van der Waals surface area contributed by atoms with Crippen molar-refractivity contribution in [3.05, 3.63) is 52.8 Å². The number of anilines is 2. The molecule has 5 heteroatoms. The Balaban J connectivity index is 2.07. The zero-order chi connectivity index (χ0) is 15.2. The maximum atomic E-state index is 12.2. The third-order valence-electron chi connectivity index (χ3n) is 3.02. The van der Waals surface area contributed by atoms with Gasteiger partial charge in [-0.1, -0.05) is 24.6 Å². The SMILES string of the molecule is CCCNc1ccc(C(=O)Nc2cc(Cl)ccc2C)nc1. The van der Waals surface area contributed by atoms with Gasteiger partial charge >= 0.3 is 0 Å². The first-order chi connectivity index (χ1) is 10.1. The maximum Gasteiger partial charge on any atom is 0.274 e. The molecule has 2 aromatic rings. The van der Waals surface area contributed by atoms with Crippen LogP contribution in [0.15, 0.2) is 36.5 Å². The van der Waals surface area contributed by atoms with Gasteiger partial charge < -0.3 is 10.6 Å². The van der Waals surface area contributed by atoms with E-state index in [0.717, 1.165) is 24.2 Å². The smallest absolute Gasteiger partial charge is 0.274 e. The third kappa shape index (κ3) is 4.20. The van der Waals surface area contributed by atoms with Crippen LogP contribution in [0.2, 0.25) is 5.02 Å². The summed E-state index contributed by atoms with van der Waals surface area (Å²) >= 11 is 5.94. The Morgan fingerprint density at radius 3 is 2.76 bits per heavy atom. The molecule has 2 rings (SSSR count). The predicted octanol–water partition coefficient (Wildman–Crippen LogP) is 4.12. The van der Waals surface area contributed by atoms with Crippen molar-refractivity contribution in [3.63, 3.8) is 0 Å². The molecule has 4 nitrogen and oxygen atoms in total. The Morgan fingerprint density at radius 2 is 2.10 bits per heavy atom. The van der Waals surface area contributed by atoms with Crippen molar-refractivity contribution in [2.75, 3.05) is 17.2 Å². The fraction of sp³-hybridized carbons (Fsp3) is 0.250. The highest BCUT2D eigenvalue weighted by atomic mass is 35.5. The minimum atomic E-state index is -0.248. The first-order valence-corrected chi connectivity index (χ1v) is 7.25. The summed E-state index contributed by atoms with van der Waals surface area (Å²) < 4.78 is 0. The standard InChI is InChI=1S/C16H18ClN3O/c1-3-8-18-13-6-7-14(19-10-13)16(21)20-15-9-12(17)5-4-11(15)2/h4-7,9-10,18H,3,8H2,1-2H3,(H,20,21). The van der Waals surface area contributed by atoms with E-state index < -0.39 is 0 Å². The van der Waals surface area contributed by atoms with Gasteiger partial charge in [0.15, 0.2) is 0 Å². The zero-order valence-corrected chi connectivity index (χ0v) is 12.9. The number of nitrogens with one attached hydrogen (secondary N) is 2. The lowest BCUT2D eigenvalue weighted by Gasteiger charge is -2.09. The monoisotopic (exact) mass is 303 g/mol. The Kier molecular flexibility index (Phi) is 5.17. The van der Waals surface area contributed by atoms with Crippen LogP contribution < -0.4 is 10.6 Å². The molecule has 0 aliphatic rings. The van der Waals surface area contributed by atoms with E-state index in [9.17, 15) is 4.79 Å². The molecule has 0 fully saturated rings. The molecule has 0 saturated carbocycles. The summed E-state index contributed by atoms with van der Waals surface area (Å²) in [5.41, 5.74) is 2.93. The van der Waals surface area contributed by atoms with Crippen molar-refractivity contribution in [1.82, 2.24) is 4.98 Å². The van der Waals surface area contributed by atoms with Crippen LogP contribution in [0, 0.1) is 6.92 Å². The molecule has 1 aromatic heterocycles. The summed E-state index contributed by atoms with van der Waals surface area (Å²) in [4.78, 5) is 16.3. The van der Waals surface area contributed by atoms with E-state index in [1.54, 1.807) is 24.4 Å². The topological polar surface area (TPSA) is 54.0 Å². The molecule has 0 atom stereocenters. The number of amides is 1. The van der Waals surface area contributed by atoms with E-state index in [4.69, 9.17) is 11.6 Å². The van der Waals surface area contributed by atoms with Crippen molar-refractivity contribution >= 4 is 28.9 Å². The lowest BCUT2D eigenvalue weighted by Crippen LogP contribution is -2.14. The Bertz CT molecular complexity index is 626. The van der Waals surface area contributed by atoms with Crippen LogP contribution in [0.25, 0.3) is 0 Å². The number of nitrogens with zero attached hydrogens (tertiary/aromatic N) is 1. The Labute approximate surface area is 129 Å². The minimum absolute atomic E-state index is 0.248. The van der Waals surface area contributed by atoms with E-state index in [-0.39, 0.29) is 5.91 Å². The summed E-state index contributed by atoms with van der Waals surface area (Å²) in [5, 5.41) is 6.62. The number of aryl methyl sites for hydroxylation is 1. The zero-order valence-electron chi connectivity index (χ0n) is 12.1.